The number of carbonyl (C=O) groups excluding carboxylic acids is 1. The summed E-state index contributed by atoms with van der Waals surface area (Å²) in [7, 11) is 0. The monoisotopic (exact) mass is 244 g/mol. The van der Waals surface area contributed by atoms with Crippen molar-refractivity contribution in [3.8, 4) is 0 Å². The predicted octanol–water partition coefficient (Wildman–Crippen LogP) is 3.15. The van der Waals surface area contributed by atoms with Gasteiger partial charge in [-0.25, -0.2) is 0 Å². The van der Waals surface area contributed by atoms with Crippen molar-refractivity contribution in [3.05, 3.63) is 0 Å². The molecule has 0 radical (unpaired) electrons. The molecule has 0 heterocycles. The lowest BCUT2D eigenvalue weighted by atomic mass is 9.91. The van der Waals surface area contributed by atoms with Gasteiger partial charge in [-0.3, -0.25) is 4.79 Å². The van der Waals surface area contributed by atoms with Gasteiger partial charge in [0, 0.05) is 6.61 Å². The van der Waals surface area contributed by atoms with Gasteiger partial charge in [0.05, 0.1) is 6.42 Å². The molecule has 0 aliphatic heterocycles. The van der Waals surface area contributed by atoms with Crippen molar-refractivity contribution in [3.63, 3.8) is 0 Å². The molecule has 0 saturated carbocycles. The number of rotatable bonds is 7. The van der Waals surface area contributed by atoms with Crippen LogP contribution in [0.25, 0.3) is 0 Å². The molecule has 0 aromatic rings. The lowest BCUT2D eigenvalue weighted by molar-refractivity contribution is -0.156. The fourth-order valence-corrected chi connectivity index (χ4v) is 2.02. The third-order valence-electron chi connectivity index (χ3n) is 2.65. The summed E-state index contributed by atoms with van der Waals surface area (Å²) in [5, 5.41) is 9.28. The highest BCUT2D eigenvalue weighted by atomic mass is 16.6. The van der Waals surface area contributed by atoms with E-state index in [1.165, 1.54) is 0 Å². The van der Waals surface area contributed by atoms with E-state index in [9.17, 15) is 9.90 Å². The van der Waals surface area contributed by atoms with Crippen LogP contribution in [0.2, 0.25) is 0 Å². The van der Waals surface area contributed by atoms with E-state index in [-0.39, 0.29) is 18.5 Å². The van der Waals surface area contributed by atoms with Crippen molar-refractivity contribution < 1.29 is 14.6 Å². The van der Waals surface area contributed by atoms with E-state index in [2.05, 4.69) is 13.8 Å². The zero-order valence-corrected chi connectivity index (χ0v) is 12.0. The Morgan fingerprint density at radius 1 is 1.35 bits per heavy atom. The molecule has 0 fully saturated rings. The zero-order chi connectivity index (χ0) is 13.5. The van der Waals surface area contributed by atoms with Gasteiger partial charge in [-0.2, -0.15) is 0 Å². The molecule has 0 unspecified atom stereocenters. The van der Waals surface area contributed by atoms with Crippen LogP contribution in [0.15, 0.2) is 0 Å². The summed E-state index contributed by atoms with van der Waals surface area (Å²) in [6.45, 7) is 9.96. The lowest BCUT2D eigenvalue weighted by Crippen LogP contribution is -2.26. The molecule has 0 amide bonds. The number of ether oxygens (including phenoxy) is 1. The van der Waals surface area contributed by atoms with Crippen LogP contribution >= 0.6 is 0 Å². The average Bonchev–Trinajstić information content (AvgIpc) is 2.13. The van der Waals surface area contributed by atoms with Gasteiger partial charge < -0.3 is 9.84 Å². The Labute approximate surface area is 106 Å². The van der Waals surface area contributed by atoms with E-state index in [1.807, 2.05) is 20.8 Å². The van der Waals surface area contributed by atoms with Crippen LogP contribution < -0.4 is 0 Å². The fraction of sp³-hybridized carbons (Fsp3) is 0.929. The first kappa shape index (κ1) is 16.4. The number of hydrogen-bond acceptors (Lipinski definition) is 3. The molecule has 0 saturated heterocycles. The molecular weight excluding hydrogens is 216 g/mol. The molecule has 3 nitrogen and oxygen atoms in total. The quantitative estimate of drug-likeness (QED) is 0.700. The number of hydrogen-bond donors (Lipinski definition) is 1. The highest BCUT2D eigenvalue weighted by Gasteiger charge is 2.21. The Kier molecular flexibility index (Phi) is 7.44. The molecule has 1 N–H and O–H groups in total. The fourth-order valence-electron chi connectivity index (χ4n) is 2.02. The Morgan fingerprint density at radius 2 is 1.94 bits per heavy atom. The van der Waals surface area contributed by atoms with Gasteiger partial charge in [0.2, 0.25) is 0 Å². The second-order valence-electron chi connectivity index (χ2n) is 5.97. The number of carbonyl (C=O) groups is 1. The van der Waals surface area contributed by atoms with Crippen LogP contribution in [0.3, 0.4) is 0 Å². The van der Waals surface area contributed by atoms with Crippen molar-refractivity contribution in [2.45, 2.75) is 65.9 Å². The molecule has 17 heavy (non-hydrogen) atoms. The highest BCUT2D eigenvalue weighted by Crippen LogP contribution is 2.20. The van der Waals surface area contributed by atoms with E-state index in [1.54, 1.807) is 0 Å². The van der Waals surface area contributed by atoms with Gasteiger partial charge in [-0.05, 0) is 39.0 Å². The Bertz CT molecular complexity index is 218. The standard InChI is InChI=1S/C14H28O3/c1-6-7-11(2)8-12(10-15)9-13(16)17-14(3,4)5/h11-12,15H,6-10H2,1-5H3/t11-,12-/m0/s1. The normalized spacial score (nSPS) is 15.4. The van der Waals surface area contributed by atoms with Gasteiger partial charge in [-0.15, -0.1) is 0 Å². The summed E-state index contributed by atoms with van der Waals surface area (Å²) < 4.78 is 5.26. The molecule has 2 atom stereocenters. The molecule has 0 aromatic heterocycles. The number of aliphatic hydroxyl groups excluding tert-OH is 1. The van der Waals surface area contributed by atoms with E-state index in [4.69, 9.17) is 4.74 Å². The van der Waals surface area contributed by atoms with Crippen LogP contribution in [-0.2, 0) is 9.53 Å². The first-order valence-corrected chi connectivity index (χ1v) is 6.61. The second kappa shape index (κ2) is 7.70. The van der Waals surface area contributed by atoms with Crippen LogP contribution in [0.4, 0.5) is 0 Å². The molecular formula is C14H28O3. The molecule has 0 aliphatic rings. The van der Waals surface area contributed by atoms with Crippen LogP contribution in [0, 0.1) is 11.8 Å². The van der Waals surface area contributed by atoms with Crippen molar-refractivity contribution in [1.82, 2.24) is 0 Å². The van der Waals surface area contributed by atoms with Crippen LogP contribution in [-0.4, -0.2) is 23.3 Å². The second-order valence-corrected chi connectivity index (χ2v) is 5.97. The van der Waals surface area contributed by atoms with E-state index in [0.29, 0.717) is 12.3 Å². The molecule has 0 rings (SSSR count). The summed E-state index contributed by atoms with van der Waals surface area (Å²) in [4.78, 5) is 11.6. The van der Waals surface area contributed by atoms with Gasteiger partial charge >= 0.3 is 5.97 Å². The van der Waals surface area contributed by atoms with Crippen molar-refractivity contribution in [1.29, 1.82) is 0 Å². The molecule has 3 heteroatoms. The molecule has 0 aliphatic carbocycles. The summed E-state index contributed by atoms with van der Waals surface area (Å²) >= 11 is 0. The third-order valence-corrected chi connectivity index (χ3v) is 2.65. The molecule has 0 spiro atoms. The SMILES string of the molecule is CCC[C@H](C)C[C@H](CO)CC(=O)OC(C)(C)C. The Hall–Kier alpha value is -0.570. The Balaban J connectivity index is 4.08. The van der Waals surface area contributed by atoms with E-state index in [0.717, 1.165) is 19.3 Å². The summed E-state index contributed by atoms with van der Waals surface area (Å²) in [5.41, 5.74) is -0.438. The number of esters is 1. The lowest BCUT2D eigenvalue weighted by Gasteiger charge is -2.22. The third kappa shape index (κ3) is 9.16. The highest BCUT2D eigenvalue weighted by molar-refractivity contribution is 5.70. The predicted molar refractivity (Wildman–Crippen MR) is 69.7 cm³/mol. The number of aliphatic hydroxyl groups is 1. The Morgan fingerprint density at radius 3 is 2.35 bits per heavy atom. The largest absolute Gasteiger partial charge is 0.460 e. The maximum Gasteiger partial charge on any atom is 0.306 e. The maximum atomic E-state index is 11.6. The summed E-state index contributed by atoms with van der Waals surface area (Å²) in [6, 6.07) is 0. The summed E-state index contributed by atoms with van der Waals surface area (Å²) in [5.74, 6) is 0.381. The minimum atomic E-state index is -0.438. The van der Waals surface area contributed by atoms with E-state index >= 15 is 0 Å². The minimum absolute atomic E-state index is 0.0337. The van der Waals surface area contributed by atoms with Gasteiger partial charge in [0.1, 0.15) is 5.60 Å². The van der Waals surface area contributed by atoms with E-state index < -0.39 is 5.60 Å². The van der Waals surface area contributed by atoms with Crippen LogP contribution in [0.5, 0.6) is 0 Å². The van der Waals surface area contributed by atoms with Gasteiger partial charge in [0.15, 0.2) is 0 Å². The minimum Gasteiger partial charge on any atom is -0.460 e. The average molecular weight is 244 g/mol. The molecule has 102 valence electrons. The van der Waals surface area contributed by atoms with Crippen molar-refractivity contribution in [2.75, 3.05) is 6.61 Å². The van der Waals surface area contributed by atoms with Crippen molar-refractivity contribution >= 4 is 5.97 Å². The summed E-state index contributed by atoms with van der Waals surface area (Å²) in [6.07, 6.45) is 3.50. The van der Waals surface area contributed by atoms with Gasteiger partial charge in [-0.1, -0.05) is 26.7 Å². The molecule has 0 bridgehead atoms. The smallest absolute Gasteiger partial charge is 0.306 e. The van der Waals surface area contributed by atoms with Crippen molar-refractivity contribution in [2.24, 2.45) is 11.8 Å². The maximum absolute atomic E-state index is 11.6. The first-order chi connectivity index (χ1) is 7.78. The molecule has 0 aromatic carbocycles. The first-order valence-electron chi connectivity index (χ1n) is 6.61. The van der Waals surface area contributed by atoms with Crippen LogP contribution in [0.1, 0.15) is 60.3 Å². The zero-order valence-electron chi connectivity index (χ0n) is 12.0. The topological polar surface area (TPSA) is 46.5 Å². The van der Waals surface area contributed by atoms with Gasteiger partial charge in [0.25, 0.3) is 0 Å².